The van der Waals surface area contributed by atoms with Gasteiger partial charge in [0.1, 0.15) is 0 Å². The van der Waals surface area contributed by atoms with Gasteiger partial charge in [-0.25, -0.2) is 13.1 Å². The summed E-state index contributed by atoms with van der Waals surface area (Å²) in [4.78, 5) is 0. The highest BCUT2D eigenvalue weighted by molar-refractivity contribution is 7.88. The topological polar surface area (TPSA) is 109 Å². The maximum Gasteiger partial charge on any atom is 0.315 e. The molecule has 1 heterocycles. The third-order valence-electron chi connectivity index (χ3n) is 2.16. The van der Waals surface area contributed by atoms with Crippen molar-refractivity contribution in [2.75, 3.05) is 31.2 Å². The lowest BCUT2D eigenvalue weighted by Crippen LogP contribution is -2.24. The van der Waals surface area contributed by atoms with E-state index in [2.05, 4.69) is 32.5 Å². The Morgan fingerprint density at radius 3 is 2.68 bits per heavy atom. The normalized spacial score (nSPS) is 11.7. The second-order valence-corrected chi connectivity index (χ2v) is 5.96. The van der Waals surface area contributed by atoms with Gasteiger partial charge in [0.05, 0.1) is 12.8 Å². The van der Waals surface area contributed by atoms with Crippen LogP contribution in [-0.4, -0.2) is 44.5 Å². The van der Waals surface area contributed by atoms with Gasteiger partial charge in [0.2, 0.25) is 15.9 Å². The average molecular weight is 291 g/mol. The summed E-state index contributed by atoms with van der Waals surface area (Å²) < 4.78 is 29.4. The number of aromatic nitrogens is 2. The van der Waals surface area contributed by atoms with Gasteiger partial charge >= 0.3 is 6.01 Å². The average Bonchev–Trinajstić information content (AvgIpc) is 2.75. The van der Waals surface area contributed by atoms with Crippen LogP contribution in [0, 0.1) is 0 Å². The first kappa shape index (κ1) is 15.9. The smallest absolute Gasteiger partial charge is 0.315 e. The van der Waals surface area contributed by atoms with Gasteiger partial charge in [-0.2, -0.15) is 0 Å². The highest BCUT2D eigenvalue weighted by Crippen LogP contribution is 2.04. The van der Waals surface area contributed by atoms with Crippen molar-refractivity contribution in [1.82, 2.24) is 20.2 Å². The minimum Gasteiger partial charge on any atom is -0.407 e. The van der Waals surface area contributed by atoms with Crippen molar-refractivity contribution in [2.24, 2.45) is 0 Å². The molecule has 8 nitrogen and oxygen atoms in total. The quantitative estimate of drug-likeness (QED) is 0.517. The first-order valence-corrected chi connectivity index (χ1v) is 8.12. The van der Waals surface area contributed by atoms with Crippen LogP contribution in [0.2, 0.25) is 0 Å². The molecule has 0 atom stereocenters. The Bertz CT molecular complexity index is 459. The zero-order valence-corrected chi connectivity index (χ0v) is 12.1. The lowest BCUT2D eigenvalue weighted by Gasteiger charge is -2.02. The summed E-state index contributed by atoms with van der Waals surface area (Å²) in [6.45, 7) is 4.48. The number of nitrogens with one attached hydrogen (secondary N) is 3. The van der Waals surface area contributed by atoms with Crippen molar-refractivity contribution in [3.63, 3.8) is 0 Å². The molecular formula is C10H21N5O3S. The maximum absolute atomic E-state index is 10.8. The summed E-state index contributed by atoms with van der Waals surface area (Å²) in [5, 5.41) is 13.8. The molecule has 1 aromatic heterocycles. The van der Waals surface area contributed by atoms with Gasteiger partial charge in [0.15, 0.2) is 0 Å². The number of nitrogens with zero attached hydrogens (tertiary/aromatic N) is 2. The van der Waals surface area contributed by atoms with Gasteiger partial charge < -0.3 is 15.1 Å². The van der Waals surface area contributed by atoms with Gasteiger partial charge in [-0.3, -0.25) is 0 Å². The van der Waals surface area contributed by atoms with E-state index in [1.54, 1.807) is 0 Å². The van der Waals surface area contributed by atoms with Gasteiger partial charge in [0.25, 0.3) is 0 Å². The molecule has 19 heavy (non-hydrogen) atoms. The van der Waals surface area contributed by atoms with Gasteiger partial charge in [-0.05, 0) is 19.4 Å². The van der Waals surface area contributed by atoms with Gasteiger partial charge in [-0.1, -0.05) is 12.0 Å². The number of sulfonamides is 1. The van der Waals surface area contributed by atoms with Crippen LogP contribution in [0.25, 0.3) is 0 Å². The molecule has 0 aliphatic carbocycles. The Kier molecular flexibility index (Phi) is 6.74. The minimum absolute atomic E-state index is 0.354. The van der Waals surface area contributed by atoms with Crippen molar-refractivity contribution < 1.29 is 12.8 Å². The first-order valence-electron chi connectivity index (χ1n) is 6.23. The molecule has 3 N–H and O–H groups in total. The molecule has 9 heteroatoms. The number of hydrogen-bond donors (Lipinski definition) is 3. The fourth-order valence-corrected chi connectivity index (χ4v) is 1.82. The summed E-state index contributed by atoms with van der Waals surface area (Å²) in [7, 11) is -3.12. The number of hydrogen-bond acceptors (Lipinski definition) is 7. The SMILES string of the molecule is CCCNCc1nnc(NCCCNS(C)(=O)=O)o1. The highest BCUT2D eigenvalue weighted by atomic mass is 32.2. The molecule has 0 spiro atoms. The molecule has 1 rings (SSSR count). The Morgan fingerprint density at radius 2 is 2.00 bits per heavy atom. The van der Waals surface area contributed by atoms with Crippen LogP contribution in [0.1, 0.15) is 25.7 Å². The molecule has 0 aliphatic rings. The third kappa shape index (κ3) is 7.75. The predicted octanol–water partition coefficient (Wildman–Crippen LogP) is -0.0796. The summed E-state index contributed by atoms with van der Waals surface area (Å²) in [6, 6.07) is 0.354. The lowest BCUT2D eigenvalue weighted by molar-refractivity contribution is 0.476. The van der Waals surface area contributed by atoms with E-state index in [4.69, 9.17) is 4.42 Å². The third-order valence-corrected chi connectivity index (χ3v) is 2.89. The Balaban J connectivity index is 2.16. The van der Waals surface area contributed by atoms with Gasteiger partial charge in [0, 0.05) is 13.1 Å². The molecule has 0 saturated carbocycles. The van der Waals surface area contributed by atoms with E-state index in [0.717, 1.165) is 19.2 Å². The fourth-order valence-electron chi connectivity index (χ4n) is 1.31. The Morgan fingerprint density at radius 1 is 1.21 bits per heavy atom. The molecule has 0 aliphatic heterocycles. The minimum atomic E-state index is -3.12. The van der Waals surface area contributed by atoms with Crippen LogP contribution in [0.3, 0.4) is 0 Å². The fraction of sp³-hybridized carbons (Fsp3) is 0.800. The summed E-state index contributed by atoms with van der Waals surface area (Å²) in [5.41, 5.74) is 0. The number of rotatable bonds is 10. The van der Waals surface area contributed by atoms with Gasteiger partial charge in [-0.15, -0.1) is 5.10 Å². The van der Waals surface area contributed by atoms with Crippen molar-refractivity contribution in [3.05, 3.63) is 5.89 Å². The molecule has 0 aromatic carbocycles. The zero-order valence-electron chi connectivity index (χ0n) is 11.3. The van der Waals surface area contributed by atoms with Crippen molar-refractivity contribution in [2.45, 2.75) is 26.3 Å². The monoisotopic (exact) mass is 291 g/mol. The summed E-state index contributed by atoms with van der Waals surface area (Å²) in [6.07, 6.45) is 2.82. The molecule has 0 saturated heterocycles. The second-order valence-electron chi connectivity index (χ2n) is 4.12. The van der Waals surface area contributed by atoms with Crippen LogP contribution in [0.4, 0.5) is 6.01 Å². The van der Waals surface area contributed by atoms with E-state index < -0.39 is 10.0 Å². The van der Waals surface area contributed by atoms with E-state index in [0.29, 0.717) is 38.0 Å². The number of anilines is 1. The maximum atomic E-state index is 10.8. The predicted molar refractivity (Wildman–Crippen MR) is 72.2 cm³/mol. The largest absolute Gasteiger partial charge is 0.407 e. The summed E-state index contributed by atoms with van der Waals surface area (Å²) in [5.74, 6) is 0.533. The standard InChI is InChI=1S/C10H21N5O3S/c1-3-5-11-8-9-14-15-10(18-9)12-6-4-7-13-19(2,16)17/h11,13H,3-8H2,1-2H3,(H,12,15). The van der Waals surface area contributed by atoms with Crippen molar-refractivity contribution >= 4 is 16.0 Å². The van der Waals surface area contributed by atoms with E-state index in [1.807, 2.05) is 0 Å². The lowest BCUT2D eigenvalue weighted by atomic mass is 10.4. The Hall–Kier alpha value is -1.19. The Labute approximate surface area is 113 Å². The van der Waals surface area contributed by atoms with Crippen molar-refractivity contribution in [1.29, 1.82) is 0 Å². The van der Waals surface area contributed by atoms with Crippen LogP contribution in [0.5, 0.6) is 0 Å². The van der Waals surface area contributed by atoms with E-state index in [-0.39, 0.29) is 0 Å². The second kappa shape index (κ2) is 8.08. The van der Waals surface area contributed by atoms with E-state index in [9.17, 15) is 8.42 Å². The van der Waals surface area contributed by atoms with E-state index >= 15 is 0 Å². The van der Waals surface area contributed by atoms with Crippen LogP contribution < -0.4 is 15.4 Å². The first-order chi connectivity index (χ1) is 9.01. The zero-order chi connectivity index (χ0) is 14.1. The molecule has 0 unspecified atom stereocenters. The molecule has 0 bridgehead atoms. The molecule has 1 aromatic rings. The van der Waals surface area contributed by atoms with Crippen LogP contribution in [-0.2, 0) is 16.6 Å². The van der Waals surface area contributed by atoms with Crippen molar-refractivity contribution in [3.8, 4) is 0 Å². The van der Waals surface area contributed by atoms with Crippen LogP contribution >= 0.6 is 0 Å². The van der Waals surface area contributed by atoms with Crippen LogP contribution in [0.15, 0.2) is 4.42 Å². The molecule has 110 valence electrons. The molecule has 0 radical (unpaired) electrons. The van der Waals surface area contributed by atoms with E-state index in [1.165, 1.54) is 0 Å². The molecule has 0 fully saturated rings. The highest BCUT2D eigenvalue weighted by Gasteiger charge is 2.04. The summed E-state index contributed by atoms with van der Waals surface area (Å²) >= 11 is 0. The molecular weight excluding hydrogens is 270 g/mol. The molecule has 0 amide bonds.